The lowest BCUT2D eigenvalue weighted by molar-refractivity contribution is 0.0832. The quantitative estimate of drug-likeness (QED) is 0.386. The molecule has 32 heavy (non-hydrogen) atoms. The summed E-state index contributed by atoms with van der Waals surface area (Å²) in [5, 5.41) is 15.2. The lowest BCUT2D eigenvalue weighted by Crippen LogP contribution is -2.44. The van der Waals surface area contributed by atoms with Gasteiger partial charge in [-0.25, -0.2) is 4.79 Å². The van der Waals surface area contributed by atoms with Gasteiger partial charge in [0.2, 0.25) is 0 Å². The Hall–Kier alpha value is -2.70. The number of likely N-dealkylation sites (tertiary alicyclic amines) is 1. The van der Waals surface area contributed by atoms with E-state index in [0.29, 0.717) is 36.3 Å². The number of amides is 2. The summed E-state index contributed by atoms with van der Waals surface area (Å²) in [6, 6.07) is 17.8. The van der Waals surface area contributed by atoms with Gasteiger partial charge in [0.15, 0.2) is 5.78 Å². The first kappa shape index (κ1) is 24.0. The number of aliphatic hydroxyl groups is 1. The molecule has 1 aliphatic rings. The molecular weight excluding hydrogens is 402 g/mol. The molecule has 2 aromatic rings. The van der Waals surface area contributed by atoms with E-state index >= 15 is 0 Å². The minimum atomic E-state index is -0.261. The van der Waals surface area contributed by atoms with Gasteiger partial charge in [0.1, 0.15) is 0 Å². The Morgan fingerprint density at radius 2 is 1.94 bits per heavy atom. The summed E-state index contributed by atoms with van der Waals surface area (Å²) in [4.78, 5) is 26.1. The number of β-amino-alcohol motifs (C(OH)–C–C–N with tert-alkyl or cyclic N) is 1. The maximum absolute atomic E-state index is 12.2. The van der Waals surface area contributed by atoms with Crippen molar-refractivity contribution in [3.05, 3.63) is 65.7 Å². The summed E-state index contributed by atoms with van der Waals surface area (Å²) in [7, 11) is 0. The van der Waals surface area contributed by atoms with Crippen molar-refractivity contribution < 1.29 is 14.7 Å². The molecule has 1 heterocycles. The smallest absolute Gasteiger partial charge is 0.319 e. The van der Waals surface area contributed by atoms with Crippen LogP contribution in [-0.4, -0.2) is 54.1 Å². The number of carbonyl (C=O) groups is 2. The summed E-state index contributed by atoms with van der Waals surface area (Å²) in [5.41, 5.74) is 2.58. The molecule has 2 aromatic carbocycles. The van der Waals surface area contributed by atoms with Crippen LogP contribution in [0.4, 0.5) is 10.5 Å². The summed E-state index contributed by atoms with van der Waals surface area (Å²) in [6.07, 6.45) is 5.26. The van der Waals surface area contributed by atoms with Crippen LogP contribution in [0.15, 0.2) is 54.6 Å². The van der Waals surface area contributed by atoms with Crippen LogP contribution in [0.1, 0.15) is 48.5 Å². The third-order valence-corrected chi connectivity index (χ3v) is 6.23. The molecule has 2 amide bonds. The van der Waals surface area contributed by atoms with Crippen molar-refractivity contribution >= 4 is 17.5 Å². The number of carbonyl (C=O) groups excluding carboxylic acids is 2. The number of nitrogens with zero attached hydrogens (tertiary/aromatic N) is 1. The molecule has 172 valence electrons. The Morgan fingerprint density at radius 1 is 1.12 bits per heavy atom. The predicted molar refractivity (Wildman–Crippen MR) is 128 cm³/mol. The fraction of sp³-hybridized carbons (Fsp3) is 0.462. The standard InChI is InChI=1S/C26H35N3O3/c1-20(31)23-9-5-10-24(19-23)28-26(32)27-13-6-11-25-18-22(12-14-29(25)15-16-30)17-21-7-3-2-4-8-21/h2-5,7-10,19,22,25,30H,6,11-18H2,1H3,(H2,27,28,32). The maximum atomic E-state index is 12.2. The monoisotopic (exact) mass is 437 g/mol. The highest BCUT2D eigenvalue weighted by Gasteiger charge is 2.27. The second-order valence-electron chi connectivity index (χ2n) is 8.65. The number of piperidine rings is 1. The molecule has 0 aromatic heterocycles. The molecule has 0 radical (unpaired) electrons. The summed E-state index contributed by atoms with van der Waals surface area (Å²) >= 11 is 0. The van der Waals surface area contributed by atoms with Crippen LogP contribution in [0.2, 0.25) is 0 Å². The second-order valence-corrected chi connectivity index (χ2v) is 8.65. The van der Waals surface area contributed by atoms with Crippen LogP contribution in [0.5, 0.6) is 0 Å². The number of nitrogens with one attached hydrogen (secondary N) is 2. The lowest BCUT2D eigenvalue weighted by Gasteiger charge is -2.39. The average Bonchev–Trinajstić information content (AvgIpc) is 2.79. The van der Waals surface area contributed by atoms with Gasteiger partial charge in [0.05, 0.1) is 6.61 Å². The molecule has 3 N–H and O–H groups in total. The predicted octanol–water partition coefficient (Wildman–Crippen LogP) is 4.11. The van der Waals surface area contributed by atoms with Gasteiger partial charge in [-0.05, 0) is 69.2 Å². The van der Waals surface area contributed by atoms with Crippen molar-refractivity contribution in [1.82, 2.24) is 10.2 Å². The van der Waals surface area contributed by atoms with E-state index in [2.05, 4.69) is 45.9 Å². The summed E-state index contributed by atoms with van der Waals surface area (Å²) < 4.78 is 0. The van der Waals surface area contributed by atoms with Gasteiger partial charge in [-0.15, -0.1) is 0 Å². The highest BCUT2D eigenvalue weighted by atomic mass is 16.3. The number of aliphatic hydroxyl groups excluding tert-OH is 1. The summed E-state index contributed by atoms with van der Waals surface area (Å²) in [5.74, 6) is 0.627. The van der Waals surface area contributed by atoms with E-state index in [1.807, 2.05) is 0 Å². The highest BCUT2D eigenvalue weighted by molar-refractivity contribution is 5.96. The molecule has 6 heteroatoms. The van der Waals surface area contributed by atoms with E-state index in [1.54, 1.807) is 24.3 Å². The van der Waals surface area contributed by atoms with Gasteiger partial charge in [0.25, 0.3) is 0 Å². The van der Waals surface area contributed by atoms with E-state index < -0.39 is 0 Å². The van der Waals surface area contributed by atoms with E-state index in [9.17, 15) is 14.7 Å². The van der Waals surface area contributed by atoms with Crippen molar-refractivity contribution in [2.24, 2.45) is 5.92 Å². The van der Waals surface area contributed by atoms with E-state index in [1.165, 1.54) is 12.5 Å². The maximum Gasteiger partial charge on any atom is 0.319 e. The Morgan fingerprint density at radius 3 is 2.69 bits per heavy atom. The first-order valence-corrected chi connectivity index (χ1v) is 11.6. The van der Waals surface area contributed by atoms with Crippen molar-refractivity contribution in [2.45, 2.75) is 45.1 Å². The second kappa shape index (κ2) is 12.4. The third-order valence-electron chi connectivity index (χ3n) is 6.23. The number of hydrogen-bond donors (Lipinski definition) is 3. The molecule has 2 unspecified atom stereocenters. The van der Waals surface area contributed by atoms with Crippen LogP contribution < -0.4 is 10.6 Å². The number of benzene rings is 2. The number of rotatable bonds is 10. The Labute approximate surface area is 191 Å². The van der Waals surface area contributed by atoms with Crippen LogP contribution in [-0.2, 0) is 6.42 Å². The number of hydrogen-bond acceptors (Lipinski definition) is 4. The van der Waals surface area contributed by atoms with E-state index in [0.717, 1.165) is 38.6 Å². The van der Waals surface area contributed by atoms with Crippen LogP contribution in [0.25, 0.3) is 0 Å². The van der Waals surface area contributed by atoms with Crippen molar-refractivity contribution in [3.63, 3.8) is 0 Å². The lowest BCUT2D eigenvalue weighted by atomic mass is 9.84. The topological polar surface area (TPSA) is 81.7 Å². The van der Waals surface area contributed by atoms with E-state index in [4.69, 9.17) is 0 Å². The van der Waals surface area contributed by atoms with Gasteiger partial charge >= 0.3 is 6.03 Å². The SMILES string of the molecule is CC(=O)c1cccc(NC(=O)NCCCC2CC(Cc3ccccc3)CCN2CCO)c1. The molecular formula is C26H35N3O3. The molecule has 1 aliphatic heterocycles. The van der Waals surface area contributed by atoms with Gasteiger partial charge in [-0.3, -0.25) is 9.69 Å². The number of anilines is 1. The first-order chi connectivity index (χ1) is 15.5. The number of Topliss-reactive ketones (excluding diaryl/α,β-unsaturated/α-hetero) is 1. The molecule has 0 aliphatic carbocycles. The number of urea groups is 1. The van der Waals surface area contributed by atoms with Crippen molar-refractivity contribution in [1.29, 1.82) is 0 Å². The Balaban J connectivity index is 1.44. The van der Waals surface area contributed by atoms with Gasteiger partial charge < -0.3 is 15.7 Å². The van der Waals surface area contributed by atoms with Crippen molar-refractivity contribution in [2.75, 3.05) is 31.6 Å². The zero-order chi connectivity index (χ0) is 22.8. The molecule has 0 saturated carbocycles. The molecule has 3 rings (SSSR count). The summed E-state index contributed by atoms with van der Waals surface area (Å²) in [6.45, 7) is 4.01. The fourth-order valence-corrected chi connectivity index (χ4v) is 4.57. The molecule has 2 atom stereocenters. The zero-order valence-electron chi connectivity index (χ0n) is 18.9. The number of ketones is 1. The first-order valence-electron chi connectivity index (χ1n) is 11.6. The Kier molecular flexibility index (Phi) is 9.26. The molecule has 1 saturated heterocycles. The molecule has 0 spiro atoms. The zero-order valence-corrected chi connectivity index (χ0v) is 18.9. The fourth-order valence-electron chi connectivity index (χ4n) is 4.57. The van der Waals surface area contributed by atoms with Gasteiger partial charge in [-0.1, -0.05) is 42.5 Å². The molecule has 6 nitrogen and oxygen atoms in total. The minimum absolute atomic E-state index is 0.0282. The van der Waals surface area contributed by atoms with Crippen LogP contribution in [0.3, 0.4) is 0 Å². The average molecular weight is 438 g/mol. The van der Waals surface area contributed by atoms with Gasteiger partial charge in [0, 0.05) is 30.4 Å². The van der Waals surface area contributed by atoms with Crippen molar-refractivity contribution in [3.8, 4) is 0 Å². The normalized spacial score (nSPS) is 18.8. The Bertz CT molecular complexity index is 872. The van der Waals surface area contributed by atoms with Crippen LogP contribution in [0, 0.1) is 5.92 Å². The molecule has 0 bridgehead atoms. The van der Waals surface area contributed by atoms with Crippen LogP contribution >= 0.6 is 0 Å². The van der Waals surface area contributed by atoms with E-state index in [-0.39, 0.29) is 18.4 Å². The highest BCUT2D eigenvalue weighted by Crippen LogP contribution is 2.28. The van der Waals surface area contributed by atoms with Gasteiger partial charge in [-0.2, -0.15) is 0 Å². The molecule has 1 fully saturated rings. The third kappa shape index (κ3) is 7.46. The minimum Gasteiger partial charge on any atom is -0.395 e. The largest absolute Gasteiger partial charge is 0.395 e.